The molecule has 19 heavy (non-hydrogen) atoms. The minimum atomic E-state index is -3.52. The fourth-order valence-electron chi connectivity index (χ4n) is 1.22. The van der Waals surface area contributed by atoms with Crippen LogP contribution in [0.25, 0.3) is 0 Å². The predicted octanol–water partition coefficient (Wildman–Crippen LogP) is 0.791. The average molecular weight is 305 g/mol. The van der Waals surface area contributed by atoms with Crippen LogP contribution in [-0.4, -0.2) is 44.7 Å². The lowest BCUT2D eigenvalue weighted by Gasteiger charge is -2.07. The van der Waals surface area contributed by atoms with Crippen molar-refractivity contribution in [1.29, 1.82) is 0 Å². The second-order valence-electron chi connectivity index (χ2n) is 3.54. The van der Waals surface area contributed by atoms with E-state index in [1.54, 1.807) is 11.8 Å². The van der Waals surface area contributed by atoms with Crippen molar-refractivity contribution < 1.29 is 23.1 Å². The third kappa shape index (κ3) is 5.50. The maximum absolute atomic E-state index is 11.8. The zero-order valence-corrected chi connectivity index (χ0v) is 12.0. The molecule has 0 saturated carbocycles. The number of sulfonamides is 1. The SMILES string of the molecule is CSCCNS(=O)(=O)c1ccc(OCC(=O)O)cc1. The van der Waals surface area contributed by atoms with Gasteiger partial charge in [0.15, 0.2) is 6.61 Å². The van der Waals surface area contributed by atoms with E-state index in [9.17, 15) is 13.2 Å². The van der Waals surface area contributed by atoms with Gasteiger partial charge >= 0.3 is 5.97 Å². The zero-order valence-electron chi connectivity index (χ0n) is 10.3. The van der Waals surface area contributed by atoms with E-state index in [0.29, 0.717) is 18.0 Å². The van der Waals surface area contributed by atoms with E-state index in [2.05, 4.69) is 4.72 Å². The Labute approximate surface area is 116 Å². The van der Waals surface area contributed by atoms with E-state index < -0.39 is 22.6 Å². The van der Waals surface area contributed by atoms with Crippen LogP contribution in [0, 0.1) is 0 Å². The summed E-state index contributed by atoms with van der Waals surface area (Å²) in [7, 11) is -3.52. The van der Waals surface area contributed by atoms with E-state index in [4.69, 9.17) is 9.84 Å². The number of rotatable bonds is 8. The van der Waals surface area contributed by atoms with Crippen molar-refractivity contribution in [3.8, 4) is 5.75 Å². The lowest BCUT2D eigenvalue weighted by molar-refractivity contribution is -0.139. The minimum Gasteiger partial charge on any atom is -0.482 e. The molecule has 0 bridgehead atoms. The normalized spacial score (nSPS) is 11.2. The molecule has 0 spiro atoms. The average Bonchev–Trinajstić information content (AvgIpc) is 2.37. The molecular weight excluding hydrogens is 290 g/mol. The van der Waals surface area contributed by atoms with E-state index >= 15 is 0 Å². The highest BCUT2D eigenvalue weighted by atomic mass is 32.2. The lowest BCUT2D eigenvalue weighted by atomic mass is 10.3. The Kier molecular flexibility index (Phi) is 6.13. The largest absolute Gasteiger partial charge is 0.482 e. The second-order valence-corrected chi connectivity index (χ2v) is 6.30. The molecule has 0 fully saturated rings. The molecular formula is C11H15NO5S2. The third-order valence-electron chi connectivity index (χ3n) is 2.09. The molecule has 0 saturated heterocycles. The molecule has 1 rings (SSSR count). The van der Waals surface area contributed by atoms with Crippen LogP contribution in [0.4, 0.5) is 0 Å². The fourth-order valence-corrected chi connectivity index (χ4v) is 2.69. The first kappa shape index (κ1) is 15.8. The molecule has 0 heterocycles. The highest BCUT2D eigenvalue weighted by Gasteiger charge is 2.13. The summed E-state index contributed by atoms with van der Waals surface area (Å²) in [5, 5.41) is 8.45. The molecule has 0 aliphatic rings. The maximum Gasteiger partial charge on any atom is 0.341 e. The van der Waals surface area contributed by atoms with Crippen molar-refractivity contribution in [2.24, 2.45) is 0 Å². The van der Waals surface area contributed by atoms with Gasteiger partial charge < -0.3 is 9.84 Å². The number of carboxylic acids is 1. The monoisotopic (exact) mass is 305 g/mol. The van der Waals surface area contributed by atoms with Gasteiger partial charge in [-0.05, 0) is 30.5 Å². The third-order valence-corrected chi connectivity index (χ3v) is 4.18. The van der Waals surface area contributed by atoms with Crippen molar-refractivity contribution in [3.63, 3.8) is 0 Å². The van der Waals surface area contributed by atoms with Crippen molar-refractivity contribution >= 4 is 27.8 Å². The zero-order chi connectivity index (χ0) is 14.3. The van der Waals surface area contributed by atoms with Crippen molar-refractivity contribution in [2.75, 3.05) is 25.2 Å². The molecule has 106 valence electrons. The number of carbonyl (C=O) groups is 1. The first-order chi connectivity index (χ1) is 8.95. The van der Waals surface area contributed by atoms with Crippen LogP contribution < -0.4 is 9.46 Å². The number of hydrogen-bond donors (Lipinski definition) is 2. The van der Waals surface area contributed by atoms with Gasteiger partial charge in [-0.25, -0.2) is 17.9 Å². The number of nitrogens with one attached hydrogen (secondary N) is 1. The predicted molar refractivity (Wildman–Crippen MR) is 73.1 cm³/mol. The fraction of sp³-hybridized carbons (Fsp3) is 0.364. The number of aliphatic carboxylic acids is 1. The summed E-state index contributed by atoms with van der Waals surface area (Å²) in [6.07, 6.45) is 1.89. The van der Waals surface area contributed by atoms with Crippen LogP contribution >= 0.6 is 11.8 Å². The molecule has 0 atom stereocenters. The van der Waals surface area contributed by atoms with Crippen molar-refractivity contribution in [3.05, 3.63) is 24.3 Å². The van der Waals surface area contributed by atoms with Crippen molar-refractivity contribution in [1.82, 2.24) is 4.72 Å². The topological polar surface area (TPSA) is 92.7 Å². The van der Waals surface area contributed by atoms with Gasteiger partial charge in [0.05, 0.1) is 4.90 Å². The number of hydrogen-bond acceptors (Lipinski definition) is 5. The quantitative estimate of drug-likeness (QED) is 0.690. The molecule has 8 heteroatoms. The Morgan fingerprint density at radius 3 is 2.53 bits per heavy atom. The van der Waals surface area contributed by atoms with Crippen LogP contribution in [0.5, 0.6) is 5.75 Å². The summed E-state index contributed by atoms with van der Waals surface area (Å²) in [5.74, 6) is -0.0835. The van der Waals surface area contributed by atoms with Gasteiger partial charge in [-0.15, -0.1) is 0 Å². The number of carboxylic acid groups (broad SMARTS) is 1. The van der Waals surface area contributed by atoms with E-state index in [1.165, 1.54) is 24.3 Å². The molecule has 2 N–H and O–H groups in total. The molecule has 0 aliphatic heterocycles. The van der Waals surface area contributed by atoms with Gasteiger partial charge in [0.2, 0.25) is 10.0 Å². The summed E-state index contributed by atoms with van der Waals surface area (Å²) in [6.45, 7) is -0.0984. The molecule has 1 aromatic rings. The standard InChI is InChI=1S/C11H15NO5S2/c1-18-7-6-12-19(15,16)10-4-2-9(3-5-10)17-8-11(13)14/h2-5,12H,6-8H2,1H3,(H,13,14). The Bertz CT molecular complexity index is 512. The number of thioether (sulfide) groups is 1. The Morgan fingerprint density at radius 2 is 2.00 bits per heavy atom. The Morgan fingerprint density at radius 1 is 1.37 bits per heavy atom. The molecule has 0 aromatic heterocycles. The van der Waals surface area contributed by atoms with Gasteiger partial charge in [-0.2, -0.15) is 11.8 Å². The Hall–Kier alpha value is -1.25. The summed E-state index contributed by atoms with van der Waals surface area (Å²) < 4.78 is 31.0. The highest BCUT2D eigenvalue weighted by Crippen LogP contribution is 2.15. The smallest absolute Gasteiger partial charge is 0.341 e. The first-order valence-corrected chi connectivity index (χ1v) is 8.26. The molecule has 6 nitrogen and oxygen atoms in total. The highest BCUT2D eigenvalue weighted by molar-refractivity contribution is 7.98. The molecule has 0 amide bonds. The van der Waals surface area contributed by atoms with Gasteiger partial charge in [0, 0.05) is 12.3 Å². The van der Waals surface area contributed by atoms with E-state index in [-0.39, 0.29) is 4.90 Å². The van der Waals surface area contributed by atoms with Crippen molar-refractivity contribution in [2.45, 2.75) is 4.90 Å². The summed E-state index contributed by atoms with van der Waals surface area (Å²) in [5.41, 5.74) is 0. The summed E-state index contributed by atoms with van der Waals surface area (Å²) in [6, 6.07) is 5.59. The number of benzene rings is 1. The first-order valence-electron chi connectivity index (χ1n) is 5.39. The molecule has 0 aliphatic carbocycles. The minimum absolute atomic E-state index is 0.122. The van der Waals surface area contributed by atoms with Crippen LogP contribution in [0.2, 0.25) is 0 Å². The summed E-state index contributed by atoms with van der Waals surface area (Å²) >= 11 is 1.55. The Balaban J connectivity index is 2.66. The van der Waals surface area contributed by atoms with Gasteiger partial charge in [-0.1, -0.05) is 0 Å². The summed E-state index contributed by atoms with van der Waals surface area (Å²) in [4.78, 5) is 10.4. The van der Waals surface area contributed by atoms with Crippen LogP contribution in [-0.2, 0) is 14.8 Å². The van der Waals surface area contributed by atoms with Crippen LogP contribution in [0.1, 0.15) is 0 Å². The second kappa shape index (κ2) is 7.37. The van der Waals surface area contributed by atoms with Gasteiger partial charge in [0.1, 0.15) is 5.75 Å². The van der Waals surface area contributed by atoms with Crippen LogP contribution in [0.3, 0.4) is 0 Å². The molecule has 1 aromatic carbocycles. The molecule has 0 unspecified atom stereocenters. The van der Waals surface area contributed by atoms with Gasteiger partial charge in [-0.3, -0.25) is 0 Å². The molecule has 0 radical (unpaired) electrons. The van der Waals surface area contributed by atoms with E-state index in [1.807, 2.05) is 6.26 Å². The lowest BCUT2D eigenvalue weighted by Crippen LogP contribution is -2.25. The van der Waals surface area contributed by atoms with E-state index in [0.717, 1.165) is 0 Å². The van der Waals surface area contributed by atoms with Gasteiger partial charge in [0.25, 0.3) is 0 Å². The maximum atomic E-state index is 11.8. The number of ether oxygens (including phenoxy) is 1. The van der Waals surface area contributed by atoms with Crippen LogP contribution in [0.15, 0.2) is 29.2 Å².